The van der Waals surface area contributed by atoms with Gasteiger partial charge in [0.25, 0.3) is 0 Å². The molecular formula is C21H33NO2. The Morgan fingerprint density at radius 1 is 1.00 bits per heavy atom. The summed E-state index contributed by atoms with van der Waals surface area (Å²) in [5.41, 5.74) is 0. The van der Waals surface area contributed by atoms with Gasteiger partial charge in [0.1, 0.15) is 12.4 Å². The fraction of sp³-hybridized carbons (Fsp3) is 0.571. The monoisotopic (exact) mass is 331 g/mol. The van der Waals surface area contributed by atoms with E-state index in [9.17, 15) is 0 Å². The van der Waals surface area contributed by atoms with Crippen LogP contribution in [0.2, 0.25) is 0 Å². The Morgan fingerprint density at radius 3 is 2.21 bits per heavy atom. The lowest BCUT2D eigenvalue weighted by atomic mass is 10.1. The molecule has 0 aliphatic carbocycles. The molecule has 0 unspecified atom stereocenters. The van der Waals surface area contributed by atoms with Gasteiger partial charge in [0.15, 0.2) is 0 Å². The van der Waals surface area contributed by atoms with Gasteiger partial charge in [0, 0.05) is 6.08 Å². The average molecular weight is 332 g/mol. The second-order valence-electron chi connectivity index (χ2n) is 5.68. The summed E-state index contributed by atoms with van der Waals surface area (Å²) in [4.78, 5) is 0. The van der Waals surface area contributed by atoms with Crippen LogP contribution in [0.5, 0.6) is 5.75 Å². The largest absolute Gasteiger partial charge is 0.491 e. The Labute approximate surface area is 148 Å². The van der Waals surface area contributed by atoms with Crippen LogP contribution in [-0.2, 0) is 0 Å². The summed E-state index contributed by atoms with van der Waals surface area (Å²) in [7, 11) is 0. The number of nitrogens with zero attached hydrogens (tertiary/aromatic N) is 1. The Bertz CT molecular complexity index is 423. The van der Waals surface area contributed by atoms with Crippen LogP contribution in [-0.4, -0.2) is 18.3 Å². The number of allylic oxidation sites excluding steroid dienone is 2. The van der Waals surface area contributed by atoms with Crippen molar-refractivity contribution in [1.29, 1.82) is 5.26 Å². The molecule has 0 atom stereocenters. The van der Waals surface area contributed by atoms with Gasteiger partial charge in [-0.1, -0.05) is 76.1 Å². The standard InChI is InChI=1S/C13H23N.C8H10O2/c1-2-3-4-5-6-7-8-9-10-11-12-13-14;9-6-7-10-8-4-2-1-3-5-8/h11-12H,2-10H2,1H3;1-5,9H,6-7H2/b12-11+;. The van der Waals surface area contributed by atoms with Gasteiger partial charge in [-0.05, 0) is 25.0 Å². The first-order chi connectivity index (χ1) is 11.8. The topological polar surface area (TPSA) is 53.2 Å². The lowest BCUT2D eigenvalue weighted by molar-refractivity contribution is 0.201. The van der Waals surface area contributed by atoms with Crippen molar-refractivity contribution in [2.24, 2.45) is 0 Å². The quantitative estimate of drug-likeness (QED) is 0.397. The number of benzene rings is 1. The lowest BCUT2D eigenvalue weighted by Gasteiger charge is -2.01. The summed E-state index contributed by atoms with van der Waals surface area (Å²) in [5, 5.41) is 16.7. The summed E-state index contributed by atoms with van der Waals surface area (Å²) in [6.45, 7) is 2.68. The van der Waals surface area contributed by atoms with Crippen LogP contribution in [0.1, 0.15) is 64.7 Å². The molecule has 3 nitrogen and oxygen atoms in total. The van der Waals surface area contributed by atoms with E-state index in [4.69, 9.17) is 15.1 Å². The molecule has 1 aromatic rings. The van der Waals surface area contributed by atoms with Crippen LogP contribution < -0.4 is 4.74 Å². The summed E-state index contributed by atoms with van der Waals surface area (Å²) < 4.78 is 5.11. The molecule has 0 aliphatic rings. The molecule has 0 radical (unpaired) electrons. The van der Waals surface area contributed by atoms with Crippen LogP contribution in [0.4, 0.5) is 0 Å². The van der Waals surface area contributed by atoms with Crippen molar-refractivity contribution in [1.82, 2.24) is 0 Å². The first-order valence-electron chi connectivity index (χ1n) is 9.18. The number of para-hydroxylation sites is 1. The Morgan fingerprint density at radius 2 is 1.62 bits per heavy atom. The SMILES string of the molecule is CCCCCCCCCC/C=C/C#N.OCCOc1ccccc1. The molecule has 0 aliphatic heterocycles. The third-order valence-electron chi connectivity index (χ3n) is 3.52. The molecule has 0 aromatic heterocycles. The van der Waals surface area contributed by atoms with Crippen molar-refractivity contribution in [2.75, 3.05) is 13.2 Å². The predicted molar refractivity (Wildman–Crippen MR) is 101 cm³/mol. The minimum absolute atomic E-state index is 0.0644. The number of aliphatic hydroxyl groups is 1. The van der Waals surface area contributed by atoms with Gasteiger partial charge in [-0.25, -0.2) is 0 Å². The molecule has 0 fully saturated rings. The number of hydrogen-bond donors (Lipinski definition) is 1. The molecule has 0 bridgehead atoms. The highest BCUT2D eigenvalue weighted by Crippen LogP contribution is 2.09. The highest BCUT2D eigenvalue weighted by molar-refractivity contribution is 5.20. The second kappa shape index (κ2) is 19.3. The third kappa shape index (κ3) is 16.6. The number of hydrogen-bond acceptors (Lipinski definition) is 3. The average Bonchev–Trinajstić information content (AvgIpc) is 2.63. The molecule has 3 heteroatoms. The van der Waals surface area contributed by atoms with Crippen LogP contribution in [0.15, 0.2) is 42.5 Å². The number of unbranched alkanes of at least 4 members (excludes halogenated alkanes) is 8. The number of aliphatic hydroxyl groups excluding tert-OH is 1. The van der Waals surface area contributed by atoms with Crippen molar-refractivity contribution >= 4 is 0 Å². The maximum atomic E-state index is 8.40. The molecule has 1 rings (SSSR count). The smallest absolute Gasteiger partial charge is 0.119 e. The molecule has 24 heavy (non-hydrogen) atoms. The van der Waals surface area contributed by atoms with Crippen LogP contribution in [0, 0.1) is 11.3 Å². The number of ether oxygens (including phenoxy) is 1. The van der Waals surface area contributed by atoms with E-state index >= 15 is 0 Å². The van der Waals surface area contributed by atoms with Crippen LogP contribution >= 0.6 is 0 Å². The van der Waals surface area contributed by atoms with E-state index in [2.05, 4.69) is 6.92 Å². The summed E-state index contributed by atoms with van der Waals surface area (Å²) >= 11 is 0. The van der Waals surface area contributed by atoms with Gasteiger partial charge >= 0.3 is 0 Å². The molecule has 1 aromatic carbocycles. The highest BCUT2D eigenvalue weighted by Gasteiger charge is 1.90. The van der Waals surface area contributed by atoms with Crippen molar-refractivity contribution < 1.29 is 9.84 Å². The second-order valence-corrected chi connectivity index (χ2v) is 5.68. The van der Waals surface area contributed by atoms with Gasteiger partial charge in [0.2, 0.25) is 0 Å². The number of rotatable bonds is 12. The van der Waals surface area contributed by atoms with E-state index in [1.807, 2.05) is 42.5 Å². The van der Waals surface area contributed by atoms with Crippen molar-refractivity contribution in [3.05, 3.63) is 42.5 Å². The first kappa shape index (κ1) is 22.2. The molecule has 0 amide bonds. The fourth-order valence-corrected chi connectivity index (χ4v) is 2.21. The Balaban J connectivity index is 0.000000463. The maximum Gasteiger partial charge on any atom is 0.119 e. The van der Waals surface area contributed by atoms with Gasteiger partial charge in [-0.15, -0.1) is 0 Å². The Kier molecular flexibility index (Phi) is 17.8. The summed E-state index contributed by atoms with van der Waals surface area (Å²) in [6.07, 6.45) is 15.5. The van der Waals surface area contributed by atoms with E-state index in [0.717, 1.165) is 12.2 Å². The minimum Gasteiger partial charge on any atom is -0.491 e. The van der Waals surface area contributed by atoms with Gasteiger partial charge in [-0.3, -0.25) is 0 Å². The third-order valence-corrected chi connectivity index (χ3v) is 3.52. The minimum atomic E-state index is 0.0644. The molecule has 1 N–H and O–H groups in total. The number of nitriles is 1. The molecule has 0 saturated carbocycles. The zero-order valence-electron chi connectivity index (χ0n) is 15.1. The normalized spacial score (nSPS) is 10.0. The Hall–Kier alpha value is -1.79. The van der Waals surface area contributed by atoms with Gasteiger partial charge in [-0.2, -0.15) is 5.26 Å². The molecule has 0 saturated heterocycles. The van der Waals surface area contributed by atoms with Crippen molar-refractivity contribution in [2.45, 2.75) is 64.7 Å². The summed E-state index contributed by atoms with van der Waals surface area (Å²) in [6, 6.07) is 11.4. The maximum absolute atomic E-state index is 8.40. The zero-order chi connectivity index (χ0) is 17.7. The van der Waals surface area contributed by atoms with Gasteiger partial charge in [0.05, 0.1) is 12.7 Å². The molecule has 134 valence electrons. The molecular weight excluding hydrogens is 298 g/mol. The molecule has 0 heterocycles. The van der Waals surface area contributed by atoms with Crippen LogP contribution in [0.25, 0.3) is 0 Å². The van der Waals surface area contributed by atoms with E-state index in [1.165, 1.54) is 51.4 Å². The van der Waals surface area contributed by atoms with E-state index < -0.39 is 0 Å². The summed E-state index contributed by atoms with van der Waals surface area (Å²) in [5.74, 6) is 0.802. The lowest BCUT2D eigenvalue weighted by Crippen LogP contribution is -2.00. The van der Waals surface area contributed by atoms with E-state index in [0.29, 0.717) is 6.61 Å². The predicted octanol–water partition coefficient (Wildman–Crippen LogP) is 5.65. The first-order valence-corrected chi connectivity index (χ1v) is 9.18. The van der Waals surface area contributed by atoms with E-state index in [1.54, 1.807) is 6.08 Å². The van der Waals surface area contributed by atoms with Crippen molar-refractivity contribution in [3.8, 4) is 11.8 Å². The van der Waals surface area contributed by atoms with Crippen LogP contribution in [0.3, 0.4) is 0 Å². The zero-order valence-corrected chi connectivity index (χ0v) is 15.1. The van der Waals surface area contributed by atoms with E-state index in [-0.39, 0.29) is 6.61 Å². The van der Waals surface area contributed by atoms with Gasteiger partial charge < -0.3 is 9.84 Å². The fourth-order valence-electron chi connectivity index (χ4n) is 2.21. The van der Waals surface area contributed by atoms with Crippen molar-refractivity contribution in [3.63, 3.8) is 0 Å². The molecule has 0 spiro atoms. The highest BCUT2D eigenvalue weighted by atomic mass is 16.5.